The molecule has 4 nitrogen and oxygen atoms in total. The summed E-state index contributed by atoms with van der Waals surface area (Å²) in [5.74, 6) is 0.0477. The van der Waals surface area contributed by atoms with Gasteiger partial charge in [0.15, 0.2) is 0 Å². The van der Waals surface area contributed by atoms with Crippen LogP contribution in [0.25, 0.3) is 0 Å². The van der Waals surface area contributed by atoms with Crippen LogP contribution >= 0.6 is 11.6 Å². The Morgan fingerprint density at radius 1 is 1.55 bits per heavy atom. The lowest BCUT2D eigenvalue weighted by Gasteiger charge is -2.31. The Hall–Kier alpha value is -1.10. The van der Waals surface area contributed by atoms with E-state index in [1.807, 2.05) is 31.2 Å². The third kappa shape index (κ3) is 4.20. The second-order valence-corrected chi connectivity index (χ2v) is 5.81. The van der Waals surface area contributed by atoms with Crippen molar-refractivity contribution in [2.75, 3.05) is 26.2 Å². The van der Waals surface area contributed by atoms with E-state index < -0.39 is 0 Å². The van der Waals surface area contributed by atoms with E-state index in [0.29, 0.717) is 17.6 Å². The van der Waals surface area contributed by atoms with Gasteiger partial charge in [0.2, 0.25) is 5.91 Å². The van der Waals surface area contributed by atoms with Crippen LogP contribution in [0.15, 0.2) is 24.3 Å². The second-order valence-electron chi connectivity index (χ2n) is 5.40. The van der Waals surface area contributed by atoms with Crippen LogP contribution in [0.1, 0.15) is 25.5 Å². The summed E-state index contributed by atoms with van der Waals surface area (Å²) in [6.45, 7) is 7.30. The molecule has 5 heteroatoms. The van der Waals surface area contributed by atoms with Crippen molar-refractivity contribution in [3.63, 3.8) is 0 Å². The zero-order valence-electron chi connectivity index (χ0n) is 12.0. The fraction of sp³-hybridized carbons (Fsp3) is 0.533. The molecule has 0 saturated carbocycles. The SMILES string of the molecule is CC(NC(=O)CN1CCN[C@@H](C)C1)c1ccccc1Cl. The van der Waals surface area contributed by atoms with Crippen molar-refractivity contribution in [1.82, 2.24) is 15.5 Å². The van der Waals surface area contributed by atoms with Crippen LogP contribution < -0.4 is 10.6 Å². The molecule has 1 saturated heterocycles. The standard InChI is InChI=1S/C15H22ClN3O/c1-11-9-19(8-7-17-11)10-15(20)18-12(2)13-5-3-4-6-14(13)16/h3-6,11-12,17H,7-10H2,1-2H3,(H,18,20)/t11-,12?/m0/s1. The lowest BCUT2D eigenvalue weighted by atomic mass is 10.1. The average molecular weight is 296 g/mol. The number of nitrogens with zero attached hydrogens (tertiary/aromatic N) is 1. The van der Waals surface area contributed by atoms with Gasteiger partial charge in [-0.05, 0) is 25.5 Å². The highest BCUT2D eigenvalue weighted by atomic mass is 35.5. The van der Waals surface area contributed by atoms with Gasteiger partial charge in [0, 0.05) is 30.7 Å². The van der Waals surface area contributed by atoms with E-state index >= 15 is 0 Å². The summed E-state index contributed by atoms with van der Waals surface area (Å²) in [6, 6.07) is 7.98. The third-order valence-electron chi connectivity index (χ3n) is 3.57. The Morgan fingerprint density at radius 3 is 3.00 bits per heavy atom. The van der Waals surface area contributed by atoms with Gasteiger partial charge < -0.3 is 10.6 Å². The quantitative estimate of drug-likeness (QED) is 0.890. The molecule has 2 atom stereocenters. The van der Waals surface area contributed by atoms with Crippen molar-refractivity contribution in [2.24, 2.45) is 0 Å². The maximum atomic E-state index is 12.1. The van der Waals surface area contributed by atoms with Crippen molar-refractivity contribution in [3.05, 3.63) is 34.9 Å². The molecule has 1 fully saturated rings. The lowest BCUT2D eigenvalue weighted by Crippen LogP contribution is -2.51. The fourth-order valence-corrected chi connectivity index (χ4v) is 2.85. The highest BCUT2D eigenvalue weighted by molar-refractivity contribution is 6.31. The topological polar surface area (TPSA) is 44.4 Å². The summed E-state index contributed by atoms with van der Waals surface area (Å²) in [4.78, 5) is 14.3. The number of carbonyl (C=O) groups is 1. The van der Waals surface area contributed by atoms with Crippen LogP contribution in [0.4, 0.5) is 0 Å². The number of halogens is 1. The van der Waals surface area contributed by atoms with Crippen molar-refractivity contribution in [1.29, 1.82) is 0 Å². The average Bonchev–Trinajstić information content (AvgIpc) is 2.38. The molecule has 1 aromatic rings. The lowest BCUT2D eigenvalue weighted by molar-refractivity contribution is -0.123. The Kier molecular flexibility index (Phi) is 5.40. The number of hydrogen-bond acceptors (Lipinski definition) is 3. The minimum atomic E-state index is -0.0726. The number of rotatable bonds is 4. The predicted molar refractivity (Wildman–Crippen MR) is 81.9 cm³/mol. The molecular formula is C15H22ClN3O. The molecule has 0 spiro atoms. The Labute approximate surface area is 125 Å². The molecule has 1 aromatic carbocycles. The summed E-state index contributed by atoms with van der Waals surface area (Å²) in [7, 11) is 0. The maximum absolute atomic E-state index is 12.1. The highest BCUT2D eigenvalue weighted by Gasteiger charge is 2.19. The van der Waals surface area contributed by atoms with Crippen LogP contribution in [0.5, 0.6) is 0 Å². The van der Waals surface area contributed by atoms with Gasteiger partial charge in [-0.3, -0.25) is 9.69 Å². The van der Waals surface area contributed by atoms with E-state index in [0.717, 1.165) is 25.2 Å². The molecule has 1 aliphatic heterocycles. The molecule has 2 N–H and O–H groups in total. The Bertz CT molecular complexity index is 466. The van der Waals surface area contributed by atoms with Crippen LogP contribution in [0.2, 0.25) is 5.02 Å². The van der Waals surface area contributed by atoms with E-state index in [2.05, 4.69) is 22.5 Å². The number of amides is 1. The zero-order valence-corrected chi connectivity index (χ0v) is 12.8. The smallest absolute Gasteiger partial charge is 0.234 e. The first-order chi connectivity index (χ1) is 9.56. The summed E-state index contributed by atoms with van der Waals surface area (Å²) >= 11 is 6.14. The molecule has 1 amide bonds. The number of benzene rings is 1. The fourth-order valence-electron chi connectivity index (χ4n) is 2.55. The van der Waals surface area contributed by atoms with Gasteiger partial charge in [0.05, 0.1) is 12.6 Å². The molecule has 0 aliphatic carbocycles. The van der Waals surface area contributed by atoms with E-state index in [1.54, 1.807) is 0 Å². The van der Waals surface area contributed by atoms with Crippen LogP contribution in [-0.2, 0) is 4.79 Å². The molecule has 1 heterocycles. The molecule has 0 radical (unpaired) electrons. The first-order valence-electron chi connectivity index (χ1n) is 7.06. The van der Waals surface area contributed by atoms with Gasteiger partial charge in [0.1, 0.15) is 0 Å². The van der Waals surface area contributed by atoms with Gasteiger partial charge in [-0.2, -0.15) is 0 Å². The van der Waals surface area contributed by atoms with E-state index in [1.165, 1.54) is 0 Å². The Balaban J connectivity index is 1.86. The van der Waals surface area contributed by atoms with E-state index in [-0.39, 0.29) is 11.9 Å². The van der Waals surface area contributed by atoms with Gasteiger partial charge >= 0.3 is 0 Å². The van der Waals surface area contributed by atoms with Crippen LogP contribution in [-0.4, -0.2) is 43.0 Å². The number of piperazine rings is 1. The van der Waals surface area contributed by atoms with Gasteiger partial charge in [0.25, 0.3) is 0 Å². The summed E-state index contributed by atoms with van der Waals surface area (Å²) in [5, 5.41) is 7.07. The maximum Gasteiger partial charge on any atom is 0.234 e. The molecule has 1 aliphatic rings. The van der Waals surface area contributed by atoms with Crippen LogP contribution in [0.3, 0.4) is 0 Å². The predicted octanol–water partition coefficient (Wildman–Crippen LogP) is 1.81. The number of nitrogens with one attached hydrogen (secondary N) is 2. The van der Waals surface area contributed by atoms with E-state index in [9.17, 15) is 4.79 Å². The zero-order chi connectivity index (χ0) is 14.5. The molecule has 0 aromatic heterocycles. The van der Waals surface area contributed by atoms with Crippen molar-refractivity contribution in [3.8, 4) is 0 Å². The largest absolute Gasteiger partial charge is 0.348 e. The molecule has 2 rings (SSSR count). The highest BCUT2D eigenvalue weighted by Crippen LogP contribution is 2.21. The van der Waals surface area contributed by atoms with Gasteiger partial charge in [-0.25, -0.2) is 0 Å². The molecule has 110 valence electrons. The van der Waals surface area contributed by atoms with Crippen molar-refractivity contribution < 1.29 is 4.79 Å². The minimum absolute atomic E-state index is 0.0477. The number of carbonyl (C=O) groups excluding carboxylic acids is 1. The minimum Gasteiger partial charge on any atom is -0.348 e. The van der Waals surface area contributed by atoms with Crippen molar-refractivity contribution in [2.45, 2.75) is 25.9 Å². The monoisotopic (exact) mass is 295 g/mol. The third-order valence-corrected chi connectivity index (χ3v) is 3.91. The number of hydrogen-bond donors (Lipinski definition) is 2. The van der Waals surface area contributed by atoms with Gasteiger partial charge in [-0.1, -0.05) is 29.8 Å². The second kappa shape index (κ2) is 7.07. The normalized spacial score (nSPS) is 21.4. The Morgan fingerprint density at radius 2 is 2.30 bits per heavy atom. The molecule has 0 bridgehead atoms. The van der Waals surface area contributed by atoms with E-state index in [4.69, 9.17) is 11.6 Å². The molecule has 20 heavy (non-hydrogen) atoms. The molecular weight excluding hydrogens is 274 g/mol. The first-order valence-corrected chi connectivity index (χ1v) is 7.43. The van der Waals surface area contributed by atoms with Gasteiger partial charge in [-0.15, -0.1) is 0 Å². The molecule has 1 unspecified atom stereocenters. The van der Waals surface area contributed by atoms with Crippen LogP contribution in [0, 0.1) is 0 Å². The summed E-state index contributed by atoms with van der Waals surface area (Å²) in [5.41, 5.74) is 0.955. The summed E-state index contributed by atoms with van der Waals surface area (Å²) < 4.78 is 0. The summed E-state index contributed by atoms with van der Waals surface area (Å²) in [6.07, 6.45) is 0. The van der Waals surface area contributed by atoms with Crippen molar-refractivity contribution >= 4 is 17.5 Å². The first kappa shape index (κ1) is 15.3.